The Bertz CT molecular complexity index is 298. The normalized spacial score (nSPS) is 11.1. The molecular formula is C9H13NO5. The molecule has 1 unspecified atom stereocenters. The second-order valence-electron chi connectivity index (χ2n) is 2.82. The highest BCUT2D eigenvalue weighted by Gasteiger charge is 2.11. The summed E-state index contributed by atoms with van der Waals surface area (Å²) in [6, 6.07) is 5.42. The van der Waals surface area contributed by atoms with Crippen molar-refractivity contribution in [3.05, 3.63) is 29.8 Å². The van der Waals surface area contributed by atoms with Crippen molar-refractivity contribution in [2.45, 2.75) is 12.5 Å². The van der Waals surface area contributed by atoms with E-state index in [2.05, 4.69) is 0 Å². The summed E-state index contributed by atoms with van der Waals surface area (Å²) in [4.78, 5) is 10.4. The van der Waals surface area contributed by atoms with Crippen molar-refractivity contribution in [2.75, 3.05) is 0 Å². The molecule has 6 N–H and O–H groups in total. The summed E-state index contributed by atoms with van der Waals surface area (Å²) in [6.45, 7) is 0. The Morgan fingerprint density at radius 1 is 1.27 bits per heavy atom. The molecule has 1 atom stereocenters. The number of rotatable bonds is 3. The van der Waals surface area contributed by atoms with Gasteiger partial charge in [0.05, 0.1) is 0 Å². The van der Waals surface area contributed by atoms with E-state index in [1.54, 1.807) is 12.1 Å². The average molecular weight is 215 g/mol. The molecule has 0 fully saturated rings. The molecule has 1 aromatic rings. The Morgan fingerprint density at radius 3 is 2.13 bits per heavy atom. The number of aromatic hydroxyl groups is 1. The van der Waals surface area contributed by atoms with E-state index >= 15 is 0 Å². The molecule has 0 aliphatic carbocycles. The van der Waals surface area contributed by atoms with Gasteiger partial charge in [0.2, 0.25) is 0 Å². The van der Waals surface area contributed by atoms with E-state index in [0.29, 0.717) is 0 Å². The topological polar surface area (TPSA) is 124 Å². The van der Waals surface area contributed by atoms with Crippen LogP contribution >= 0.6 is 0 Å². The standard InChI is InChI=1S/C9H11NO3.H2O2/c10-8(9(12)13)5-6-1-3-7(11)4-2-6;1-2/h1-4,8,11H,5,10H2,(H,12,13);1-2H. The van der Waals surface area contributed by atoms with Gasteiger partial charge in [0.15, 0.2) is 0 Å². The molecule has 6 heteroatoms. The number of phenolic OH excluding ortho intramolecular Hbond substituents is 1. The van der Waals surface area contributed by atoms with E-state index in [0.717, 1.165) is 5.56 Å². The maximum Gasteiger partial charge on any atom is 0.320 e. The van der Waals surface area contributed by atoms with Crippen LogP contribution in [0.4, 0.5) is 0 Å². The fourth-order valence-electron chi connectivity index (χ4n) is 0.973. The molecule has 0 amide bonds. The first-order valence-electron chi connectivity index (χ1n) is 4.06. The van der Waals surface area contributed by atoms with Crippen molar-refractivity contribution in [1.82, 2.24) is 0 Å². The van der Waals surface area contributed by atoms with E-state index < -0.39 is 12.0 Å². The van der Waals surface area contributed by atoms with Crippen LogP contribution in [-0.2, 0) is 11.2 Å². The van der Waals surface area contributed by atoms with Crippen LogP contribution in [0.25, 0.3) is 0 Å². The maximum atomic E-state index is 10.4. The van der Waals surface area contributed by atoms with Gasteiger partial charge in [-0.1, -0.05) is 12.1 Å². The number of carboxylic acid groups (broad SMARTS) is 1. The predicted octanol–water partition coefficient (Wildman–Crippen LogP) is 0.364. The van der Waals surface area contributed by atoms with Crippen LogP contribution in [0.3, 0.4) is 0 Å². The Balaban J connectivity index is 0.000000921. The highest BCUT2D eigenvalue weighted by molar-refractivity contribution is 5.73. The third kappa shape index (κ3) is 4.96. The molecular weight excluding hydrogens is 202 g/mol. The van der Waals surface area contributed by atoms with E-state index in [9.17, 15) is 4.79 Å². The van der Waals surface area contributed by atoms with Crippen LogP contribution in [0.5, 0.6) is 5.75 Å². The molecule has 0 saturated heterocycles. The lowest BCUT2D eigenvalue weighted by molar-refractivity contribution is -0.176. The summed E-state index contributed by atoms with van der Waals surface area (Å²) in [5.41, 5.74) is 6.12. The average Bonchev–Trinajstić information content (AvgIpc) is 2.24. The maximum absolute atomic E-state index is 10.4. The third-order valence-corrected chi connectivity index (χ3v) is 1.71. The molecule has 0 spiro atoms. The first kappa shape index (κ1) is 13.4. The van der Waals surface area contributed by atoms with E-state index in [4.69, 9.17) is 26.5 Å². The second-order valence-corrected chi connectivity index (χ2v) is 2.82. The van der Waals surface area contributed by atoms with Crippen LogP contribution in [0, 0.1) is 0 Å². The van der Waals surface area contributed by atoms with Gasteiger partial charge in [0.25, 0.3) is 0 Å². The van der Waals surface area contributed by atoms with Gasteiger partial charge >= 0.3 is 5.97 Å². The minimum atomic E-state index is -1.02. The van der Waals surface area contributed by atoms with Crippen LogP contribution in [-0.4, -0.2) is 32.7 Å². The quantitative estimate of drug-likeness (QED) is 0.366. The molecule has 15 heavy (non-hydrogen) atoms. The van der Waals surface area contributed by atoms with E-state index in [1.807, 2.05) is 0 Å². The van der Waals surface area contributed by atoms with Gasteiger partial charge in [-0.2, -0.15) is 0 Å². The minimum Gasteiger partial charge on any atom is -0.508 e. The SMILES string of the molecule is NC(Cc1ccc(O)cc1)C(=O)O.OO. The number of hydrogen-bond acceptors (Lipinski definition) is 5. The van der Waals surface area contributed by atoms with Gasteiger partial charge < -0.3 is 15.9 Å². The summed E-state index contributed by atoms with van der Waals surface area (Å²) < 4.78 is 0. The number of aliphatic carboxylic acids is 1. The van der Waals surface area contributed by atoms with Gasteiger partial charge in [-0.15, -0.1) is 0 Å². The first-order chi connectivity index (χ1) is 7.09. The zero-order valence-corrected chi connectivity index (χ0v) is 7.87. The lowest BCUT2D eigenvalue weighted by Crippen LogP contribution is -2.32. The van der Waals surface area contributed by atoms with Crippen LogP contribution < -0.4 is 5.73 Å². The van der Waals surface area contributed by atoms with Crippen molar-refractivity contribution in [3.63, 3.8) is 0 Å². The van der Waals surface area contributed by atoms with Crippen molar-refractivity contribution in [2.24, 2.45) is 5.73 Å². The Morgan fingerprint density at radius 2 is 1.73 bits per heavy atom. The molecule has 0 aromatic heterocycles. The highest BCUT2D eigenvalue weighted by Crippen LogP contribution is 2.10. The summed E-state index contributed by atoms with van der Waals surface area (Å²) in [6.07, 6.45) is 0.273. The molecule has 0 radical (unpaired) electrons. The highest BCUT2D eigenvalue weighted by atomic mass is 17.0. The summed E-state index contributed by atoms with van der Waals surface area (Å²) in [7, 11) is 0. The Hall–Kier alpha value is -1.63. The predicted molar refractivity (Wildman–Crippen MR) is 52.7 cm³/mol. The van der Waals surface area contributed by atoms with Crippen LogP contribution in [0.15, 0.2) is 24.3 Å². The Kier molecular flexibility index (Phi) is 6.03. The van der Waals surface area contributed by atoms with Gasteiger partial charge in [0.1, 0.15) is 11.8 Å². The summed E-state index contributed by atoms with van der Waals surface area (Å²) in [5.74, 6) is -0.860. The molecule has 1 rings (SSSR count). The first-order valence-corrected chi connectivity index (χ1v) is 4.06. The monoisotopic (exact) mass is 215 g/mol. The molecule has 6 nitrogen and oxygen atoms in total. The number of nitrogens with two attached hydrogens (primary N) is 1. The number of benzene rings is 1. The van der Waals surface area contributed by atoms with E-state index in [-0.39, 0.29) is 12.2 Å². The fraction of sp³-hybridized carbons (Fsp3) is 0.222. The van der Waals surface area contributed by atoms with Gasteiger partial charge in [-0.25, -0.2) is 0 Å². The third-order valence-electron chi connectivity index (χ3n) is 1.71. The van der Waals surface area contributed by atoms with E-state index in [1.165, 1.54) is 12.1 Å². The number of hydrogen-bond donors (Lipinski definition) is 5. The lowest BCUT2D eigenvalue weighted by atomic mass is 10.1. The summed E-state index contributed by atoms with van der Waals surface area (Å²) >= 11 is 0. The van der Waals surface area contributed by atoms with Crippen molar-refractivity contribution in [3.8, 4) is 5.75 Å². The van der Waals surface area contributed by atoms with Gasteiger partial charge in [0, 0.05) is 0 Å². The molecule has 0 heterocycles. The molecule has 1 aromatic carbocycles. The molecule has 0 aliphatic rings. The van der Waals surface area contributed by atoms with Crippen molar-refractivity contribution >= 4 is 5.97 Å². The van der Waals surface area contributed by atoms with Crippen LogP contribution in [0.1, 0.15) is 5.56 Å². The molecule has 84 valence electrons. The second kappa shape index (κ2) is 6.77. The molecule has 0 aliphatic heterocycles. The Labute approximate surface area is 86.1 Å². The zero-order chi connectivity index (χ0) is 11.8. The fourth-order valence-corrected chi connectivity index (χ4v) is 0.973. The van der Waals surface area contributed by atoms with Crippen molar-refractivity contribution in [1.29, 1.82) is 0 Å². The summed E-state index contributed by atoms with van der Waals surface area (Å²) in [5, 5.41) is 29.5. The molecule has 0 bridgehead atoms. The lowest BCUT2D eigenvalue weighted by Gasteiger charge is -2.05. The smallest absolute Gasteiger partial charge is 0.320 e. The van der Waals surface area contributed by atoms with Gasteiger partial charge in [-0.3, -0.25) is 15.3 Å². The number of carboxylic acids is 1. The molecule has 0 saturated carbocycles. The largest absolute Gasteiger partial charge is 0.508 e. The van der Waals surface area contributed by atoms with Crippen molar-refractivity contribution < 1.29 is 25.5 Å². The number of carbonyl (C=O) groups is 1. The van der Waals surface area contributed by atoms with Crippen LogP contribution in [0.2, 0.25) is 0 Å². The minimum absolute atomic E-state index is 0.160. The number of phenols is 1. The van der Waals surface area contributed by atoms with Gasteiger partial charge in [-0.05, 0) is 24.1 Å². The zero-order valence-electron chi connectivity index (χ0n) is 7.87.